The van der Waals surface area contributed by atoms with Gasteiger partial charge in [0, 0.05) is 11.6 Å². The number of aromatic amines is 2. The normalized spacial score (nSPS) is 12.2. The Kier molecular flexibility index (Phi) is 2.28. The fourth-order valence-corrected chi connectivity index (χ4v) is 1.73. The quantitative estimate of drug-likeness (QED) is 0.712. The maximum atomic E-state index is 12.4. The highest BCUT2D eigenvalue weighted by Crippen LogP contribution is 2.32. The van der Waals surface area contributed by atoms with Crippen molar-refractivity contribution >= 4 is 11.0 Å². The van der Waals surface area contributed by atoms with E-state index in [1.54, 1.807) is 6.07 Å². The second kappa shape index (κ2) is 3.74. The van der Waals surface area contributed by atoms with Gasteiger partial charge in [0.15, 0.2) is 11.5 Å². The van der Waals surface area contributed by atoms with Crippen molar-refractivity contribution in [3.63, 3.8) is 0 Å². The summed E-state index contributed by atoms with van der Waals surface area (Å²) in [6, 6.07) is 5.42. The van der Waals surface area contributed by atoms with Gasteiger partial charge in [-0.2, -0.15) is 13.2 Å². The van der Waals surface area contributed by atoms with Gasteiger partial charge in [-0.05, 0) is 18.2 Å². The molecule has 0 amide bonds. The molecule has 3 rings (SSSR count). The van der Waals surface area contributed by atoms with Gasteiger partial charge >= 0.3 is 11.9 Å². The van der Waals surface area contributed by atoms with E-state index in [1.807, 2.05) is 0 Å². The molecule has 2 aromatic heterocycles. The smallest absolute Gasteiger partial charge is 0.356 e. The van der Waals surface area contributed by atoms with Gasteiger partial charge in [-0.25, -0.2) is 4.79 Å². The van der Waals surface area contributed by atoms with Gasteiger partial charge in [-0.1, -0.05) is 5.16 Å². The first-order valence-corrected chi connectivity index (χ1v) is 5.20. The second-order valence-corrected chi connectivity index (χ2v) is 3.91. The third-order valence-corrected chi connectivity index (χ3v) is 2.60. The zero-order valence-corrected chi connectivity index (χ0v) is 9.21. The summed E-state index contributed by atoms with van der Waals surface area (Å²) >= 11 is 0. The largest absolute Gasteiger partial charge is 0.436 e. The van der Waals surface area contributed by atoms with Crippen LogP contribution in [0.5, 0.6) is 0 Å². The molecular formula is C11H6F3N3O2. The molecule has 3 aromatic rings. The van der Waals surface area contributed by atoms with E-state index in [2.05, 4.69) is 19.6 Å². The average Bonchev–Trinajstić information content (AvgIpc) is 2.90. The van der Waals surface area contributed by atoms with Crippen molar-refractivity contribution in [2.75, 3.05) is 0 Å². The van der Waals surface area contributed by atoms with Gasteiger partial charge < -0.3 is 14.5 Å². The van der Waals surface area contributed by atoms with Crippen molar-refractivity contribution in [1.29, 1.82) is 0 Å². The van der Waals surface area contributed by atoms with Gasteiger partial charge in [0.05, 0.1) is 11.0 Å². The molecule has 2 N–H and O–H groups in total. The molecule has 2 heterocycles. The van der Waals surface area contributed by atoms with Crippen molar-refractivity contribution in [2.24, 2.45) is 0 Å². The molecule has 0 saturated carbocycles. The summed E-state index contributed by atoms with van der Waals surface area (Å²) in [5, 5.41) is 2.97. The number of benzene rings is 1. The topological polar surface area (TPSA) is 74.7 Å². The molecule has 0 saturated heterocycles. The Labute approximate surface area is 103 Å². The van der Waals surface area contributed by atoms with Gasteiger partial charge in [0.1, 0.15) is 0 Å². The molecule has 0 aliphatic rings. The van der Waals surface area contributed by atoms with Crippen LogP contribution in [0.2, 0.25) is 0 Å². The summed E-state index contributed by atoms with van der Waals surface area (Å²) in [5.41, 5.74) is -0.0478. The number of H-pyrrole nitrogens is 2. The Morgan fingerprint density at radius 1 is 1.11 bits per heavy atom. The van der Waals surface area contributed by atoms with Crippen LogP contribution >= 0.6 is 0 Å². The molecule has 0 fully saturated rings. The number of alkyl halides is 3. The maximum absolute atomic E-state index is 12.4. The van der Waals surface area contributed by atoms with Gasteiger partial charge in [-0.15, -0.1) is 0 Å². The van der Waals surface area contributed by atoms with Crippen LogP contribution in [-0.2, 0) is 6.18 Å². The summed E-state index contributed by atoms with van der Waals surface area (Å²) in [6.45, 7) is 0. The van der Waals surface area contributed by atoms with Crippen molar-refractivity contribution in [3.8, 4) is 11.3 Å². The summed E-state index contributed by atoms with van der Waals surface area (Å²) < 4.78 is 41.9. The van der Waals surface area contributed by atoms with Crippen LogP contribution in [0.1, 0.15) is 5.69 Å². The van der Waals surface area contributed by atoms with Crippen molar-refractivity contribution in [1.82, 2.24) is 15.1 Å². The van der Waals surface area contributed by atoms with Crippen LogP contribution in [0.4, 0.5) is 13.2 Å². The molecule has 0 unspecified atom stereocenters. The molecule has 0 spiro atoms. The SMILES string of the molecule is O=c1[nH]c2ccc(-c3cc(C(F)(F)F)no3)cc2[nH]1. The van der Waals surface area contributed by atoms with Gasteiger partial charge in [0.25, 0.3) is 0 Å². The number of aromatic nitrogens is 3. The maximum Gasteiger partial charge on any atom is 0.436 e. The summed E-state index contributed by atoms with van der Waals surface area (Å²) in [6.07, 6.45) is -4.55. The minimum atomic E-state index is -4.55. The Balaban J connectivity index is 2.08. The molecule has 8 heteroatoms. The van der Waals surface area contributed by atoms with Crippen LogP contribution < -0.4 is 5.69 Å². The van der Waals surface area contributed by atoms with Crippen LogP contribution in [0, 0.1) is 0 Å². The monoisotopic (exact) mass is 269 g/mol. The average molecular weight is 269 g/mol. The number of nitrogens with one attached hydrogen (secondary N) is 2. The van der Waals surface area contributed by atoms with E-state index < -0.39 is 11.9 Å². The fourth-order valence-electron chi connectivity index (χ4n) is 1.73. The van der Waals surface area contributed by atoms with E-state index in [4.69, 9.17) is 0 Å². The lowest BCUT2D eigenvalue weighted by molar-refractivity contribution is -0.142. The van der Waals surface area contributed by atoms with Crippen LogP contribution in [0.15, 0.2) is 33.6 Å². The van der Waals surface area contributed by atoms with Crippen molar-refractivity contribution < 1.29 is 17.7 Å². The highest BCUT2D eigenvalue weighted by molar-refractivity contribution is 5.80. The Hall–Kier alpha value is -2.51. The third-order valence-electron chi connectivity index (χ3n) is 2.60. The predicted octanol–water partition coefficient (Wildman–Crippen LogP) is 2.53. The summed E-state index contributed by atoms with van der Waals surface area (Å²) in [7, 11) is 0. The molecule has 1 aromatic carbocycles. The third kappa shape index (κ3) is 2.01. The van der Waals surface area contributed by atoms with Crippen LogP contribution in [-0.4, -0.2) is 15.1 Å². The Bertz CT molecular complexity index is 797. The second-order valence-electron chi connectivity index (χ2n) is 3.91. The molecule has 0 aliphatic carbocycles. The molecule has 19 heavy (non-hydrogen) atoms. The van der Waals surface area contributed by atoms with E-state index in [-0.39, 0.29) is 11.4 Å². The Morgan fingerprint density at radius 3 is 2.53 bits per heavy atom. The molecule has 0 bridgehead atoms. The van der Waals surface area contributed by atoms with Crippen LogP contribution in [0.25, 0.3) is 22.4 Å². The number of nitrogens with zero attached hydrogens (tertiary/aromatic N) is 1. The van der Waals surface area contributed by atoms with Crippen molar-refractivity contribution in [3.05, 3.63) is 40.4 Å². The lowest BCUT2D eigenvalue weighted by atomic mass is 10.1. The molecular weight excluding hydrogens is 263 g/mol. The van der Waals surface area contributed by atoms with Crippen molar-refractivity contribution in [2.45, 2.75) is 6.18 Å². The number of rotatable bonds is 1. The molecule has 0 radical (unpaired) electrons. The number of fused-ring (bicyclic) bond motifs is 1. The van der Waals surface area contributed by atoms with E-state index in [0.717, 1.165) is 6.07 Å². The predicted molar refractivity (Wildman–Crippen MR) is 59.4 cm³/mol. The molecule has 0 atom stereocenters. The van der Waals surface area contributed by atoms with E-state index in [9.17, 15) is 18.0 Å². The first-order valence-electron chi connectivity index (χ1n) is 5.20. The van der Waals surface area contributed by atoms with E-state index >= 15 is 0 Å². The number of hydrogen-bond acceptors (Lipinski definition) is 3. The number of imidazole rings is 1. The number of hydrogen-bond donors (Lipinski definition) is 2. The standard InChI is InChI=1S/C11H6F3N3O2/c12-11(13,14)9-4-8(19-17-9)5-1-2-6-7(3-5)16-10(18)15-6/h1-4H,(H2,15,16,18). The summed E-state index contributed by atoms with van der Waals surface area (Å²) in [4.78, 5) is 16.1. The fraction of sp³-hybridized carbons (Fsp3) is 0.0909. The lowest BCUT2D eigenvalue weighted by Crippen LogP contribution is -2.04. The highest BCUT2D eigenvalue weighted by Gasteiger charge is 2.35. The van der Waals surface area contributed by atoms with E-state index in [0.29, 0.717) is 16.6 Å². The minimum absolute atomic E-state index is 0.0173. The molecule has 98 valence electrons. The lowest BCUT2D eigenvalue weighted by Gasteiger charge is -1.97. The minimum Gasteiger partial charge on any atom is -0.356 e. The molecule has 0 aliphatic heterocycles. The zero-order valence-electron chi connectivity index (χ0n) is 9.21. The van der Waals surface area contributed by atoms with Gasteiger partial charge in [-0.3, -0.25) is 0 Å². The highest BCUT2D eigenvalue weighted by atomic mass is 19.4. The van der Waals surface area contributed by atoms with E-state index in [1.165, 1.54) is 12.1 Å². The van der Waals surface area contributed by atoms with Gasteiger partial charge in [0.2, 0.25) is 0 Å². The summed E-state index contributed by atoms with van der Waals surface area (Å²) in [5.74, 6) is -0.0173. The van der Waals surface area contributed by atoms with Crippen LogP contribution in [0.3, 0.4) is 0 Å². The first-order chi connectivity index (χ1) is 8.93. The molecule has 5 nitrogen and oxygen atoms in total. The first kappa shape index (κ1) is 11.6. The zero-order chi connectivity index (χ0) is 13.6. The Morgan fingerprint density at radius 2 is 1.84 bits per heavy atom. The number of halogens is 3.